The molecule has 0 aromatic carbocycles. The highest BCUT2D eigenvalue weighted by Gasteiger charge is 1.92. The van der Waals surface area contributed by atoms with Crippen molar-refractivity contribution >= 4 is 11.6 Å². The molecule has 1 rings (SSSR count). The van der Waals surface area contributed by atoms with Gasteiger partial charge in [0.25, 0.3) is 0 Å². The normalized spacial score (nSPS) is 19.9. The molecule has 0 aromatic heterocycles. The van der Waals surface area contributed by atoms with E-state index in [0.29, 0.717) is 0 Å². The van der Waals surface area contributed by atoms with Gasteiger partial charge in [-0.25, -0.2) is 0 Å². The van der Waals surface area contributed by atoms with Gasteiger partial charge in [-0.15, -0.1) is 0 Å². The third kappa shape index (κ3) is 1.71. The van der Waals surface area contributed by atoms with Crippen molar-refractivity contribution in [1.29, 1.82) is 0 Å². The van der Waals surface area contributed by atoms with Gasteiger partial charge >= 0.3 is 0 Å². The molecule has 0 nitrogen and oxygen atoms in total. The lowest BCUT2D eigenvalue weighted by atomic mass is 10.2. The Hall–Kier alpha value is -0.230. The number of rotatable bonds is 0. The average molecular weight is 129 g/mol. The van der Waals surface area contributed by atoms with E-state index in [1.54, 1.807) is 0 Å². The maximum absolute atomic E-state index is 5.73. The number of hydrogen-bond acceptors (Lipinski definition) is 0. The van der Waals surface area contributed by atoms with Crippen LogP contribution in [-0.4, -0.2) is 0 Å². The molecule has 0 saturated heterocycles. The summed E-state index contributed by atoms with van der Waals surface area (Å²) in [5, 5.41) is 0.985. The summed E-state index contributed by atoms with van der Waals surface area (Å²) in [4.78, 5) is 0. The van der Waals surface area contributed by atoms with Crippen LogP contribution in [0.25, 0.3) is 0 Å². The lowest BCUT2D eigenvalue weighted by molar-refractivity contribution is 0.866. The number of hydrogen-bond donors (Lipinski definition) is 0. The van der Waals surface area contributed by atoms with E-state index in [1.165, 1.54) is 12.8 Å². The second kappa shape index (κ2) is 2.93. The van der Waals surface area contributed by atoms with E-state index >= 15 is 0 Å². The average Bonchev–Trinajstić information content (AvgIpc) is 1.94. The molecule has 0 spiro atoms. The molecule has 1 aliphatic carbocycles. The second-order valence-corrected chi connectivity index (χ2v) is 2.42. The highest BCUT2D eigenvalue weighted by Crippen LogP contribution is 2.14. The second-order valence-electron chi connectivity index (χ2n) is 1.93. The van der Waals surface area contributed by atoms with Gasteiger partial charge in [-0.2, -0.15) is 0 Å². The first-order valence-electron chi connectivity index (χ1n) is 2.91. The number of halogens is 1. The molecule has 0 fully saturated rings. The fourth-order valence-electron chi connectivity index (χ4n) is 0.741. The summed E-state index contributed by atoms with van der Waals surface area (Å²) in [6.45, 7) is 0. The zero-order chi connectivity index (χ0) is 5.82. The molecule has 0 saturated carbocycles. The highest BCUT2D eigenvalue weighted by atomic mass is 35.5. The summed E-state index contributed by atoms with van der Waals surface area (Å²) in [5.74, 6) is 0. The fourth-order valence-corrected chi connectivity index (χ4v) is 0.947. The van der Waals surface area contributed by atoms with E-state index in [1.807, 2.05) is 12.2 Å². The largest absolute Gasteiger partial charge is 0.0892 e. The Balaban J connectivity index is 2.52. The van der Waals surface area contributed by atoms with E-state index in [0.717, 1.165) is 11.5 Å². The molecule has 1 aliphatic rings. The monoisotopic (exact) mass is 128 g/mol. The summed E-state index contributed by atoms with van der Waals surface area (Å²) in [7, 11) is 0. The van der Waals surface area contributed by atoms with Crippen LogP contribution in [0.4, 0.5) is 0 Å². The van der Waals surface area contributed by atoms with Crippen molar-refractivity contribution in [3.05, 3.63) is 23.3 Å². The zero-order valence-corrected chi connectivity index (χ0v) is 5.49. The van der Waals surface area contributed by atoms with E-state index < -0.39 is 0 Å². The minimum atomic E-state index is 0.985. The van der Waals surface area contributed by atoms with E-state index in [2.05, 4.69) is 6.08 Å². The van der Waals surface area contributed by atoms with Crippen molar-refractivity contribution in [3.8, 4) is 0 Å². The predicted octanol–water partition coefficient (Wildman–Crippen LogP) is 2.85. The van der Waals surface area contributed by atoms with E-state index in [-0.39, 0.29) is 0 Å². The van der Waals surface area contributed by atoms with E-state index in [4.69, 9.17) is 11.6 Å². The summed E-state index contributed by atoms with van der Waals surface area (Å²) in [5.41, 5.74) is 0. The molecule has 0 aromatic rings. The summed E-state index contributed by atoms with van der Waals surface area (Å²) in [6.07, 6.45) is 9.56. The van der Waals surface area contributed by atoms with Gasteiger partial charge in [-0.1, -0.05) is 23.8 Å². The summed E-state index contributed by atoms with van der Waals surface area (Å²) < 4.78 is 0. The van der Waals surface area contributed by atoms with Crippen LogP contribution in [0.1, 0.15) is 19.3 Å². The van der Waals surface area contributed by atoms with Crippen LogP contribution >= 0.6 is 11.6 Å². The van der Waals surface area contributed by atoms with Crippen molar-refractivity contribution in [2.24, 2.45) is 0 Å². The smallest absolute Gasteiger partial charge is 0.0181 e. The molecule has 8 heavy (non-hydrogen) atoms. The van der Waals surface area contributed by atoms with Gasteiger partial charge in [0.2, 0.25) is 0 Å². The van der Waals surface area contributed by atoms with Crippen LogP contribution in [0.5, 0.6) is 0 Å². The molecule has 0 heterocycles. The molecule has 0 atom stereocenters. The summed E-state index contributed by atoms with van der Waals surface area (Å²) in [6, 6.07) is 0. The molecule has 0 radical (unpaired) electrons. The lowest BCUT2D eigenvalue weighted by Crippen LogP contribution is -1.68. The molecule has 0 aliphatic heterocycles. The van der Waals surface area contributed by atoms with Crippen molar-refractivity contribution < 1.29 is 0 Å². The zero-order valence-electron chi connectivity index (χ0n) is 4.73. The van der Waals surface area contributed by atoms with Crippen molar-refractivity contribution in [3.63, 3.8) is 0 Å². The van der Waals surface area contributed by atoms with Gasteiger partial charge < -0.3 is 0 Å². The SMILES string of the molecule is ClC1=CC=CCCC1. The maximum atomic E-state index is 5.73. The molecule has 44 valence electrons. The van der Waals surface area contributed by atoms with Crippen LogP contribution in [0.15, 0.2) is 23.3 Å². The Bertz CT molecular complexity index is 122. The van der Waals surface area contributed by atoms with Crippen LogP contribution in [0.2, 0.25) is 0 Å². The molecule has 0 N–H and O–H groups in total. The Morgan fingerprint density at radius 3 is 3.25 bits per heavy atom. The molecule has 0 amide bonds. The Labute approximate surface area is 54.8 Å². The topological polar surface area (TPSA) is 0 Å². The Morgan fingerprint density at radius 1 is 1.50 bits per heavy atom. The minimum Gasteiger partial charge on any atom is -0.0892 e. The van der Waals surface area contributed by atoms with Gasteiger partial charge in [0.1, 0.15) is 0 Å². The third-order valence-corrected chi connectivity index (χ3v) is 1.51. The standard InChI is InChI=1S/C7H9Cl/c8-7-5-3-1-2-4-6-7/h1,3,5H,2,4,6H2. The number of allylic oxidation sites excluding steroid dienone is 4. The molecule has 0 bridgehead atoms. The molecular weight excluding hydrogens is 120 g/mol. The lowest BCUT2D eigenvalue weighted by Gasteiger charge is -1.89. The molecule has 1 heteroatoms. The first-order chi connectivity index (χ1) is 3.89. The van der Waals surface area contributed by atoms with Crippen LogP contribution in [0.3, 0.4) is 0 Å². The van der Waals surface area contributed by atoms with Crippen LogP contribution < -0.4 is 0 Å². The van der Waals surface area contributed by atoms with E-state index in [9.17, 15) is 0 Å². The molecular formula is C7H9Cl. The van der Waals surface area contributed by atoms with Crippen LogP contribution in [0, 0.1) is 0 Å². The van der Waals surface area contributed by atoms with Gasteiger partial charge in [0.05, 0.1) is 0 Å². The predicted molar refractivity (Wildman–Crippen MR) is 36.9 cm³/mol. The van der Waals surface area contributed by atoms with Crippen molar-refractivity contribution in [2.75, 3.05) is 0 Å². The maximum Gasteiger partial charge on any atom is 0.0181 e. The highest BCUT2D eigenvalue weighted by molar-refractivity contribution is 6.29. The van der Waals surface area contributed by atoms with Crippen molar-refractivity contribution in [1.82, 2.24) is 0 Å². The Morgan fingerprint density at radius 2 is 2.38 bits per heavy atom. The van der Waals surface area contributed by atoms with Gasteiger partial charge in [0, 0.05) is 5.03 Å². The van der Waals surface area contributed by atoms with Crippen molar-refractivity contribution in [2.45, 2.75) is 19.3 Å². The van der Waals surface area contributed by atoms with Gasteiger partial charge in [-0.05, 0) is 25.3 Å². The van der Waals surface area contributed by atoms with Gasteiger partial charge in [0.15, 0.2) is 0 Å². The van der Waals surface area contributed by atoms with Crippen LogP contribution in [-0.2, 0) is 0 Å². The Kier molecular flexibility index (Phi) is 2.16. The quantitative estimate of drug-likeness (QED) is 0.471. The third-order valence-electron chi connectivity index (χ3n) is 1.20. The summed E-state index contributed by atoms with van der Waals surface area (Å²) >= 11 is 5.73. The minimum absolute atomic E-state index is 0.985. The first kappa shape index (κ1) is 5.90. The first-order valence-corrected chi connectivity index (χ1v) is 3.28. The van der Waals surface area contributed by atoms with Gasteiger partial charge in [-0.3, -0.25) is 0 Å². The molecule has 0 unspecified atom stereocenters. The fraction of sp³-hybridized carbons (Fsp3) is 0.429.